The summed E-state index contributed by atoms with van der Waals surface area (Å²) >= 11 is 0. The van der Waals surface area contributed by atoms with Crippen molar-refractivity contribution in [3.05, 3.63) is 29.3 Å². The Kier molecular flexibility index (Phi) is 5.52. The van der Waals surface area contributed by atoms with Crippen LogP contribution in [0, 0.1) is 0 Å². The van der Waals surface area contributed by atoms with Gasteiger partial charge in [0.05, 0.1) is 6.61 Å². The van der Waals surface area contributed by atoms with Crippen LogP contribution in [0.5, 0.6) is 0 Å². The van der Waals surface area contributed by atoms with E-state index in [4.69, 9.17) is 9.47 Å². The zero-order valence-corrected chi connectivity index (χ0v) is 14.8. The molecule has 1 unspecified atom stereocenters. The number of fused-ring (bicyclic) bond motifs is 1. The van der Waals surface area contributed by atoms with Crippen molar-refractivity contribution in [3.63, 3.8) is 0 Å². The van der Waals surface area contributed by atoms with Gasteiger partial charge in [-0.2, -0.15) is 0 Å². The summed E-state index contributed by atoms with van der Waals surface area (Å²) in [6.45, 7) is 9.70. The number of amides is 1. The highest BCUT2D eigenvalue weighted by molar-refractivity contribution is 5.69. The second kappa shape index (κ2) is 7.21. The molecule has 23 heavy (non-hydrogen) atoms. The van der Waals surface area contributed by atoms with Gasteiger partial charge in [0.15, 0.2) is 0 Å². The zero-order valence-electron chi connectivity index (χ0n) is 14.8. The molecule has 1 atom stereocenters. The van der Waals surface area contributed by atoms with Crippen LogP contribution in [-0.2, 0) is 22.4 Å². The van der Waals surface area contributed by atoms with Gasteiger partial charge in [0.25, 0.3) is 0 Å². The number of carbonyl (C=O) groups is 1. The van der Waals surface area contributed by atoms with Crippen LogP contribution in [0.3, 0.4) is 0 Å². The second-order valence-corrected chi connectivity index (χ2v) is 7.10. The molecule has 1 heterocycles. The smallest absolute Gasteiger partial charge is 0.410 e. The van der Waals surface area contributed by atoms with Crippen molar-refractivity contribution in [1.82, 2.24) is 4.90 Å². The Morgan fingerprint density at radius 2 is 2.13 bits per heavy atom. The van der Waals surface area contributed by atoms with Crippen LogP contribution < -0.4 is 5.32 Å². The molecule has 1 aliphatic heterocycles. The molecule has 0 spiro atoms. The van der Waals surface area contributed by atoms with Crippen LogP contribution in [0.25, 0.3) is 0 Å². The maximum absolute atomic E-state index is 12.2. The number of methoxy groups -OCH3 is 1. The van der Waals surface area contributed by atoms with E-state index in [9.17, 15) is 4.79 Å². The number of hydrogen-bond donors (Lipinski definition) is 1. The van der Waals surface area contributed by atoms with Crippen LogP contribution in [0.1, 0.15) is 38.8 Å². The molecule has 0 fully saturated rings. The van der Waals surface area contributed by atoms with Gasteiger partial charge in [0.2, 0.25) is 0 Å². The number of benzene rings is 1. The lowest BCUT2D eigenvalue weighted by molar-refractivity contribution is 0.0224. The number of anilines is 1. The highest BCUT2D eigenvalue weighted by Crippen LogP contribution is 2.27. The minimum Gasteiger partial charge on any atom is -0.444 e. The summed E-state index contributed by atoms with van der Waals surface area (Å²) in [4.78, 5) is 14.0. The average Bonchev–Trinajstić information content (AvgIpc) is 2.45. The van der Waals surface area contributed by atoms with Gasteiger partial charge < -0.3 is 19.7 Å². The number of ether oxygens (including phenoxy) is 2. The van der Waals surface area contributed by atoms with Crippen LogP contribution in [-0.4, -0.2) is 42.9 Å². The van der Waals surface area contributed by atoms with Crippen molar-refractivity contribution < 1.29 is 14.3 Å². The van der Waals surface area contributed by atoms with E-state index in [2.05, 4.69) is 24.4 Å². The Labute approximate surface area is 139 Å². The summed E-state index contributed by atoms with van der Waals surface area (Å²) in [6, 6.07) is 6.45. The molecule has 0 radical (unpaired) electrons. The molecule has 0 aliphatic carbocycles. The molecule has 1 N–H and O–H groups in total. The Hall–Kier alpha value is -1.75. The number of rotatable bonds is 4. The molecule has 5 heteroatoms. The molecule has 0 saturated heterocycles. The van der Waals surface area contributed by atoms with Gasteiger partial charge in [0, 0.05) is 31.9 Å². The molecular weight excluding hydrogens is 292 g/mol. The quantitative estimate of drug-likeness (QED) is 0.923. The average molecular weight is 320 g/mol. The first-order valence-corrected chi connectivity index (χ1v) is 8.14. The summed E-state index contributed by atoms with van der Waals surface area (Å²) in [5.41, 5.74) is 3.14. The van der Waals surface area contributed by atoms with Gasteiger partial charge in [0.1, 0.15) is 5.60 Å². The van der Waals surface area contributed by atoms with E-state index in [0.717, 1.165) is 12.1 Å². The van der Waals surface area contributed by atoms with Crippen LogP contribution in [0.15, 0.2) is 18.2 Å². The fraction of sp³-hybridized carbons (Fsp3) is 0.611. The molecule has 1 aliphatic rings. The topological polar surface area (TPSA) is 50.8 Å². The van der Waals surface area contributed by atoms with E-state index in [1.807, 2.05) is 26.8 Å². The molecule has 0 saturated carbocycles. The summed E-state index contributed by atoms with van der Waals surface area (Å²) in [5.74, 6) is 0. The Balaban J connectivity index is 2.09. The first-order chi connectivity index (χ1) is 10.8. The van der Waals surface area contributed by atoms with Gasteiger partial charge in [-0.15, -0.1) is 0 Å². The van der Waals surface area contributed by atoms with Crippen molar-refractivity contribution in [3.8, 4) is 0 Å². The number of carbonyl (C=O) groups excluding carboxylic acids is 1. The maximum Gasteiger partial charge on any atom is 0.410 e. The predicted octanol–water partition coefficient (Wildman–Crippen LogP) is 3.43. The first-order valence-electron chi connectivity index (χ1n) is 8.14. The Morgan fingerprint density at radius 1 is 1.39 bits per heavy atom. The minimum atomic E-state index is -0.462. The molecule has 0 aromatic heterocycles. The van der Waals surface area contributed by atoms with Gasteiger partial charge >= 0.3 is 6.09 Å². The molecule has 1 aromatic carbocycles. The Morgan fingerprint density at radius 3 is 2.78 bits per heavy atom. The Bertz CT molecular complexity index is 552. The first kappa shape index (κ1) is 17.6. The van der Waals surface area contributed by atoms with E-state index in [0.29, 0.717) is 19.7 Å². The maximum atomic E-state index is 12.2. The summed E-state index contributed by atoms with van der Waals surface area (Å²) < 4.78 is 10.7. The minimum absolute atomic E-state index is 0.241. The molecule has 0 bridgehead atoms. The van der Waals surface area contributed by atoms with E-state index in [1.54, 1.807) is 12.0 Å². The van der Waals surface area contributed by atoms with E-state index in [-0.39, 0.29) is 12.1 Å². The molecular formula is C18H28N2O3. The standard InChI is InChI=1S/C18H28N2O3/c1-13(12-22-5)19-16-8-6-7-14-11-20(10-9-15(14)16)17(21)23-18(2,3)4/h6-8,13,19H,9-12H2,1-5H3. The SMILES string of the molecule is COCC(C)Nc1cccc2c1CCN(C(=O)OC(C)(C)C)C2. The molecule has 2 rings (SSSR count). The van der Waals surface area contributed by atoms with Crippen molar-refractivity contribution in [1.29, 1.82) is 0 Å². The highest BCUT2D eigenvalue weighted by atomic mass is 16.6. The number of nitrogens with zero attached hydrogens (tertiary/aromatic N) is 1. The zero-order chi connectivity index (χ0) is 17.0. The molecule has 1 amide bonds. The number of hydrogen-bond acceptors (Lipinski definition) is 4. The van der Waals surface area contributed by atoms with E-state index >= 15 is 0 Å². The van der Waals surface area contributed by atoms with Crippen molar-refractivity contribution in [2.75, 3.05) is 25.6 Å². The van der Waals surface area contributed by atoms with Gasteiger partial charge in [-0.3, -0.25) is 0 Å². The summed E-state index contributed by atoms with van der Waals surface area (Å²) in [7, 11) is 1.71. The van der Waals surface area contributed by atoms with Crippen molar-refractivity contribution >= 4 is 11.8 Å². The van der Waals surface area contributed by atoms with Crippen molar-refractivity contribution in [2.45, 2.75) is 52.3 Å². The monoisotopic (exact) mass is 320 g/mol. The van der Waals surface area contributed by atoms with Crippen LogP contribution in [0.2, 0.25) is 0 Å². The fourth-order valence-electron chi connectivity index (χ4n) is 2.78. The third kappa shape index (κ3) is 4.86. The lowest BCUT2D eigenvalue weighted by Crippen LogP contribution is -2.40. The largest absolute Gasteiger partial charge is 0.444 e. The van der Waals surface area contributed by atoms with Gasteiger partial charge in [-0.05, 0) is 51.3 Å². The van der Waals surface area contributed by atoms with Gasteiger partial charge in [-0.25, -0.2) is 4.79 Å². The fourth-order valence-corrected chi connectivity index (χ4v) is 2.78. The van der Waals surface area contributed by atoms with Gasteiger partial charge in [-0.1, -0.05) is 12.1 Å². The second-order valence-electron chi connectivity index (χ2n) is 7.10. The molecule has 128 valence electrons. The normalized spacial score (nSPS) is 15.8. The molecule has 5 nitrogen and oxygen atoms in total. The van der Waals surface area contributed by atoms with E-state index < -0.39 is 5.60 Å². The van der Waals surface area contributed by atoms with Crippen LogP contribution >= 0.6 is 0 Å². The lowest BCUT2D eigenvalue weighted by Gasteiger charge is -2.32. The summed E-state index contributed by atoms with van der Waals surface area (Å²) in [6.07, 6.45) is 0.589. The van der Waals surface area contributed by atoms with E-state index in [1.165, 1.54) is 11.1 Å². The third-order valence-corrected chi connectivity index (χ3v) is 3.74. The van der Waals surface area contributed by atoms with Crippen LogP contribution in [0.4, 0.5) is 10.5 Å². The number of nitrogens with one attached hydrogen (secondary N) is 1. The lowest BCUT2D eigenvalue weighted by atomic mass is 9.97. The third-order valence-electron chi connectivity index (χ3n) is 3.74. The predicted molar refractivity (Wildman–Crippen MR) is 91.8 cm³/mol. The van der Waals surface area contributed by atoms with Crippen molar-refractivity contribution in [2.24, 2.45) is 0 Å². The molecule has 1 aromatic rings. The highest BCUT2D eigenvalue weighted by Gasteiger charge is 2.26. The summed E-state index contributed by atoms with van der Waals surface area (Å²) in [5, 5.41) is 3.49.